The van der Waals surface area contributed by atoms with Gasteiger partial charge in [0.1, 0.15) is 0 Å². The summed E-state index contributed by atoms with van der Waals surface area (Å²) in [4.78, 5) is 0. The van der Waals surface area contributed by atoms with E-state index >= 15 is 0 Å². The summed E-state index contributed by atoms with van der Waals surface area (Å²) in [6, 6.07) is 7.97. The van der Waals surface area contributed by atoms with E-state index in [4.69, 9.17) is 5.26 Å². The molecule has 13 heavy (non-hydrogen) atoms. The molecule has 0 aromatic heterocycles. The molecule has 0 aliphatic heterocycles. The molecule has 68 valence electrons. The summed E-state index contributed by atoms with van der Waals surface area (Å²) in [5.74, 6) is 0. The van der Waals surface area contributed by atoms with Crippen LogP contribution >= 0.6 is 31.9 Å². The Morgan fingerprint density at radius 2 is 2.15 bits per heavy atom. The quantitative estimate of drug-likeness (QED) is 0.867. The van der Waals surface area contributed by atoms with Crippen molar-refractivity contribution in [3.05, 3.63) is 27.1 Å². The van der Waals surface area contributed by atoms with Crippen molar-refractivity contribution in [1.29, 1.82) is 5.26 Å². The summed E-state index contributed by atoms with van der Waals surface area (Å²) in [6.07, 6.45) is 0.516. The monoisotopic (exact) mass is 302 g/mol. The predicted molar refractivity (Wildman–Crippen MR) is 60.6 cm³/mol. The molecule has 0 fully saturated rings. The van der Waals surface area contributed by atoms with E-state index in [9.17, 15) is 0 Å². The van der Waals surface area contributed by atoms with Crippen LogP contribution in [0.5, 0.6) is 0 Å². The van der Waals surface area contributed by atoms with E-state index in [0.29, 0.717) is 13.0 Å². The van der Waals surface area contributed by atoms with Crippen LogP contribution in [0.15, 0.2) is 27.1 Å². The van der Waals surface area contributed by atoms with Crippen LogP contribution in [0.1, 0.15) is 6.42 Å². The lowest BCUT2D eigenvalue weighted by atomic mass is 10.3. The topological polar surface area (TPSA) is 35.8 Å². The molecule has 0 unspecified atom stereocenters. The third-order valence-electron chi connectivity index (χ3n) is 1.48. The fourth-order valence-corrected chi connectivity index (χ4v) is 2.07. The van der Waals surface area contributed by atoms with Gasteiger partial charge in [0, 0.05) is 21.2 Å². The molecule has 0 amide bonds. The van der Waals surface area contributed by atoms with Crippen molar-refractivity contribution in [2.45, 2.75) is 6.42 Å². The molecule has 1 aromatic carbocycles. The largest absolute Gasteiger partial charge is 0.383 e. The van der Waals surface area contributed by atoms with Gasteiger partial charge >= 0.3 is 0 Å². The van der Waals surface area contributed by atoms with Crippen molar-refractivity contribution in [3.63, 3.8) is 0 Å². The van der Waals surface area contributed by atoms with Gasteiger partial charge in [-0.2, -0.15) is 5.26 Å². The fourth-order valence-electron chi connectivity index (χ4n) is 0.886. The molecule has 0 bridgehead atoms. The third-order valence-corrected chi connectivity index (χ3v) is 2.63. The lowest BCUT2D eigenvalue weighted by Crippen LogP contribution is -2.00. The van der Waals surface area contributed by atoms with E-state index in [0.717, 1.165) is 14.6 Å². The summed E-state index contributed by atoms with van der Waals surface area (Å²) in [7, 11) is 0. The lowest BCUT2D eigenvalue weighted by molar-refractivity contribution is 1.07. The number of nitriles is 1. The van der Waals surface area contributed by atoms with E-state index in [1.54, 1.807) is 0 Å². The zero-order valence-corrected chi connectivity index (χ0v) is 10.0. The first-order valence-electron chi connectivity index (χ1n) is 3.80. The van der Waals surface area contributed by atoms with Gasteiger partial charge in [0.2, 0.25) is 0 Å². The molecule has 4 heteroatoms. The molecule has 0 saturated carbocycles. The van der Waals surface area contributed by atoms with Gasteiger partial charge in [-0.25, -0.2) is 0 Å². The van der Waals surface area contributed by atoms with E-state index in [-0.39, 0.29) is 0 Å². The summed E-state index contributed by atoms with van der Waals surface area (Å²) in [5.41, 5.74) is 1.01. The molecule has 0 aliphatic carbocycles. The van der Waals surface area contributed by atoms with E-state index in [1.165, 1.54) is 0 Å². The predicted octanol–water partition coefficient (Wildman–Crippen LogP) is 3.54. The minimum atomic E-state index is 0.516. The van der Waals surface area contributed by atoms with Crippen LogP contribution in [0.25, 0.3) is 0 Å². The molecule has 1 aromatic rings. The minimum absolute atomic E-state index is 0.516. The summed E-state index contributed by atoms with van der Waals surface area (Å²) in [5, 5.41) is 11.5. The molecular weight excluding hydrogens is 296 g/mol. The van der Waals surface area contributed by atoms with Gasteiger partial charge in [0.05, 0.1) is 12.5 Å². The second-order valence-electron chi connectivity index (χ2n) is 2.46. The highest BCUT2D eigenvalue weighted by molar-refractivity contribution is 9.11. The number of hydrogen-bond acceptors (Lipinski definition) is 2. The summed E-state index contributed by atoms with van der Waals surface area (Å²) >= 11 is 6.79. The highest BCUT2D eigenvalue weighted by Crippen LogP contribution is 2.25. The van der Waals surface area contributed by atoms with E-state index in [2.05, 4.69) is 43.2 Å². The summed E-state index contributed by atoms with van der Waals surface area (Å²) in [6.45, 7) is 0.677. The molecular formula is C9H8Br2N2. The SMILES string of the molecule is N#CCCNc1ccc(Br)cc1Br. The van der Waals surface area contributed by atoms with E-state index in [1.807, 2.05) is 18.2 Å². The maximum atomic E-state index is 8.35. The second-order valence-corrected chi connectivity index (χ2v) is 4.23. The lowest BCUT2D eigenvalue weighted by Gasteiger charge is -2.06. The first-order valence-corrected chi connectivity index (χ1v) is 5.38. The Morgan fingerprint density at radius 1 is 1.38 bits per heavy atom. The molecule has 2 nitrogen and oxygen atoms in total. The molecule has 0 spiro atoms. The first kappa shape index (κ1) is 10.6. The zero-order valence-electron chi connectivity index (χ0n) is 6.85. The standard InChI is InChI=1S/C9H8Br2N2/c10-7-2-3-9(8(11)6-7)13-5-1-4-12/h2-3,6,13H,1,5H2. The Hall–Kier alpha value is -0.530. The van der Waals surface area contributed by atoms with Crippen LogP contribution in [0.4, 0.5) is 5.69 Å². The molecule has 0 radical (unpaired) electrons. The molecule has 0 atom stereocenters. The number of hydrogen-bond donors (Lipinski definition) is 1. The highest BCUT2D eigenvalue weighted by atomic mass is 79.9. The van der Waals surface area contributed by atoms with Crippen molar-refractivity contribution in [2.75, 3.05) is 11.9 Å². The van der Waals surface area contributed by atoms with Crippen molar-refractivity contribution < 1.29 is 0 Å². The number of anilines is 1. The van der Waals surface area contributed by atoms with E-state index < -0.39 is 0 Å². The van der Waals surface area contributed by atoms with Gasteiger partial charge in [-0.05, 0) is 34.1 Å². The van der Waals surface area contributed by atoms with Gasteiger partial charge in [0.25, 0.3) is 0 Å². The average Bonchev–Trinajstić information content (AvgIpc) is 2.09. The number of nitrogens with one attached hydrogen (secondary N) is 1. The molecule has 0 saturated heterocycles. The maximum Gasteiger partial charge on any atom is 0.0640 e. The Morgan fingerprint density at radius 3 is 2.77 bits per heavy atom. The summed E-state index contributed by atoms with van der Waals surface area (Å²) < 4.78 is 2.03. The van der Waals surface area contributed by atoms with Crippen LogP contribution in [-0.2, 0) is 0 Å². The normalized spacial score (nSPS) is 9.31. The van der Waals surface area contributed by atoms with Gasteiger partial charge in [0.15, 0.2) is 0 Å². The number of rotatable bonds is 3. The molecule has 1 rings (SSSR count). The number of benzene rings is 1. The van der Waals surface area contributed by atoms with Gasteiger partial charge in [-0.15, -0.1) is 0 Å². The fraction of sp³-hybridized carbons (Fsp3) is 0.222. The van der Waals surface area contributed by atoms with Crippen molar-refractivity contribution >= 4 is 37.5 Å². The van der Waals surface area contributed by atoms with Crippen molar-refractivity contribution in [1.82, 2.24) is 0 Å². The van der Waals surface area contributed by atoms with Crippen LogP contribution in [0.2, 0.25) is 0 Å². The third kappa shape index (κ3) is 3.37. The molecule has 1 N–H and O–H groups in total. The smallest absolute Gasteiger partial charge is 0.0640 e. The maximum absolute atomic E-state index is 8.35. The second kappa shape index (κ2) is 5.25. The number of halogens is 2. The Labute approximate surface area is 94.2 Å². The van der Waals surface area contributed by atoms with Crippen LogP contribution in [-0.4, -0.2) is 6.54 Å². The van der Waals surface area contributed by atoms with Crippen LogP contribution in [0, 0.1) is 11.3 Å². The minimum Gasteiger partial charge on any atom is -0.383 e. The van der Waals surface area contributed by atoms with Crippen LogP contribution in [0.3, 0.4) is 0 Å². The van der Waals surface area contributed by atoms with Crippen molar-refractivity contribution in [2.24, 2.45) is 0 Å². The zero-order chi connectivity index (χ0) is 9.68. The molecule has 0 aliphatic rings. The Kier molecular flexibility index (Phi) is 4.26. The van der Waals surface area contributed by atoms with Gasteiger partial charge < -0.3 is 5.32 Å². The average molecular weight is 304 g/mol. The van der Waals surface area contributed by atoms with Crippen molar-refractivity contribution in [3.8, 4) is 6.07 Å². The Bertz CT molecular complexity index is 331. The number of nitrogens with zero attached hydrogens (tertiary/aromatic N) is 1. The Balaban J connectivity index is 2.62. The van der Waals surface area contributed by atoms with Crippen LogP contribution < -0.4 is 5.32 Å². The first-order chi connectivity index (χ1) is 6.24. The molecule has 0 heterocycles. The van der Waals surface area contributed by atoms with Gasteiger partial charge in [-0.1, -0.05) is 15.9 Å². The van der Waals surface area contributed by atoms with Gasteiger partial charge in [-0.3, -0.25) is 0 Å². The highest BCUT2D eigenvalue weighted by Gasteiger charge is 1.98.